The second-order valence-corrected chi connectivity index (χ2v) is 8.93. The van der Waals surface area contributed by atoms with Gasteiger partial charge in [0.2, 0.25) is 0 Å². The molecule has 1 fully saturated rings. The molecule has 1 aromatic heterocycles. The average molecular weight is 479 g/mol. The molecule has 8 nitrogen and oxygen atoms in total. The number of nitrogens with zero attached hydrogens (tertiary/aromatic N) is 4. The number of hydrogen-bond donors (Lipinski definition) is 2. The molecule has 3 N–H and O–H groups in total. The van der Waals surface area contributed by atoms with Gasteiger partial charge in [-0.05, 0) is 63.2 Å². The van der Waals surface area contributed by atoms with Gasteiger partial charge in [0.15, 0.2) is 0 Å². The van der Waals surface area contributed by atoms with E-state index in [9.17, 15) is 4.79 Å². The summed E-state index contributed by atoms with van der Waals surface area (Å²) in [5, 5.41) is 4.04. The first-order valence-electron chi connectivity index (χ1n) is 12.8. The smallest absolute Gasteiger partial charge is 0.266 e. The number of nitrogens with two attached hydrogens (primary N) is 1. The lowest BCUT2D eigenvalue weighted by molar-refractivity contribution is 0.129. The molecule has 0 radical (unpaired) electrons. The van der Waals surface area contributed by atoms with Crippen LogP contribution in [-0.4, -0.2) is 71.8 Å². The minimum absolute atomic E-state index is 0.0703. The van der Waals surface area contributed by atoms with E-state index in [1.165, 1.54) is 0 Å². The summed E-state index contributed by atoms with van der Waals surface area (Å²) in [6, 6.07) is 13.5. The van der Waals surface area contributed by atoms with E-state index in [4.69, 9.17) is 15.5 Å². The van der Waals surface area contributed by atoms with E-state index in [2.05, 4.69) is 22.0 Å². The summed E-state index contributed by atoms with van der Waals surface area (Å²) in [4.78, 5) is 23.7. The lowest BCUT2D eigenvalue weighted by Crippen LogP contribution is -2.46. The van der Waals surface area contributed by atoms with Crippen LogP contribution in [-0.2, 0) is 6.54 Å². The van der Waals surface area contributed by atoms with E-state index < -0.39 is 0 Å². The molecule has 35 heavy (non-hydrogen) atoms. The lowest BCUT2D eigenvalue weighted by atomic mass is 10.2. The Kier molecular flexibility index (Phi) is 8.74. The van der Waals surface area contributed by atoms with Gasteiger partial charge < -0.3 is 20.7 Å². The van der Waals surface area contributed by atoms with Gasteiger partial charge in [-0.25, -0.2) is 4.98 Å². The Bertz CT molecular complexity index is 1170. The standard InChI is InChI=1S/C27H38N6O2/c1-3-31-15-17-32(18-16-31)20-26-30-23-19-21(29-14-8-7-13-28)11-12-22(23)27(34)33(26)24-9-5-6-10-25(24)35-4-2/h5-6,9-12,19,29H,3-4,7-8,13-18,20,28H2,1-2H3. The van der Waals surface area contributed by atoms with Gasteiger partial charge in [0.1, 0.15) is 11.6 Å². The number of piperazine rings is 1. The first kappa shape index (κ1) is 25.2. The lowest BCUT2D eigenvalue weighted by Gasteiger charge is -2.34. The fourth-order valence-corrected chi connectivity index (χ4v) is 4.58. The monoisotopic (exact) mass is 478 g/mol. The zero-order valence-electron chi connectivity index (χ0n) is 21.0. The van der Waals surface area contributed by atoms with Crippen LogP contribution in [0.25, 0.3) is 16.6 Å². The third-order valence-corrected chi connectivity index (χ3v) is 6.58. The van der Waals surface area contributed by atoms with Crippen molar-refractivity contribution in [2.45, 2.75) is 33.2 Å². The molecular formula is C27H38N6O2. The maximum Gasteiger partial charge on any atom is 0.266 e. The number of anilines is 1. The molecule has 8 heteroatoms. The predicted octanol–water partition coefficient (Wildman–Crippen LogP) is 3.07. The molecule has 1 aliphatic heterocycles. The van der Waals surface area contributed by atoms with Gasteiger partial charge in [0.25, 0.3) is 5.56 Å². The normalized spacial score (nSPS) is 14.9. The van der Waals surface area contributed by atoms with Crippen LogP contribution in [0.15, 0.2) is 47.3 Å². The maximum atomic E-state index is 13.9. The Hall–Kier alpha value is -2.94. The summed E-state index contributed by atoms with van der Waals surface area (Å²) in [5.41, 5.74) is 7.96. The van der Waals surface area contributed by atoms with Crippen molar-refractivity contribution in [3.8, 4) is 11.4 Å². The summed E-state index contributed by atoms with van der Waals surface area (Å²) in [7, 11) is 0. The topological polar surface area (TPSA) is 88.7 Å². The van der Waals surface area contributed by atoms with E-state index in [0.717, 1.165) is 69.3 Å². The van der Waals surface area contributed by atoms with Crippen LogP contribution in [0.2, 0.25) is 0 Å². The molecule has 0 unspecified atom stereocenters. The number of hydrogen-bond acceptors (Lipinski definition) is 7. The molecule has 2 aromatic carbocycles. The Labute approximate surface area is 207 Å². The highest BCUT2D eigenvalue weighted by molar-refractivity contribution is 5.82. The molecular weight excluding hydrogens is 440 g/mol. The highest BCUT2D eigenvalue weighted by atomic mass is 16.5. The number of nitrogens with one attached hydrogen (secondary N) is 1. The van der Waals surface area contributed by atoms with E-state index >= 15 is 0 Å². The summed E-state index contributed by atoms with van der Waals surface area (Å²) in [5.74, 6) is 1.42. The Morgan fingerprint density at radius 1 is 1.03 bits per heavy atom. The highest BCUT2D eigenvalue weighted by Crippen LogP contribution is 2.25. The van der Waals surface area contributed by atoms with Crippen LogP contribution in [0, 0.1) is 0 Å². The fraction of sp³-hybridized carbons (Fsp3) is 0.481. The van der Waals surface area contributed by atoms with Gasteiger partial charge in [-0.15, -0.1) is 0 Å². The molecule has 0 bridgehead atoms. The minimum atomic E-state index is -0.0703. The molecule has 0 aliphatic carbocycles. The number of aromatic nitrogens is 2. The molecule has 188 valence electrons. The van der Waals surface area contributed by atoms with Crippen LogP contribution in [0.3, 0.4) is 0 Å². The van der Waals surface area contributed by atoms with Crippen LogP contribution >= 0.6 is 0 Å². The van der Waals surface area contributed by atoms with Gasteiger partial charge >= 0.3 is 0 Å². The van der Waals surface area contributed by atoms with Crippen molar-refractivity contribution in [3.05, 3.63) is 58.6 Å². The maximum absolute atomic E-state index is 13.9. The minimum Gasteiger partial charge on any atom is -0.492 e. The van der Waals surface area contributed by atoms with Gasteiger partial charge in [-0.2, -0.15) is 0 Å². The van der Waals surface area contributed by atoms with E-state index in [1.54, 1.807) is 4.57 Å². The number of unbranched alkanes of at least 4 members (excludes halogenated alkanes) is 1. The number of fused-ring (bicyclic) bond motifs is 1. The van der Waals surface area contributed by atoms with Gasteiger partial charge in [-0.1, -0.05) is 19.1 Å². The number of benzene rings is 2. The molecule has 1 aliphatic rings. The van der Waals surface area contributed by atoms with Crippen LogP contribution in [0.4, 0.5) is 5.69 Å². The molecule has 3 aromatic rings. The zero-order valence-corrected chi connectivity index (χ0v) is 21.0. The van der Waals surface area contributed by atoms with Crippen LogP contribution < -0.4 is 21.3 Å². The summed E-state index contributed by atoms with van der Waals surface area (Å²) in [6.45, 7) is 11.9. The predicted molar refractivity (Wildman–Crippen MR) is 143 cm³/mol. The van der Waals surface area contributed by atoms with Crippen molar-refractivity contribution in [1.29, 1.82) is 0 Å². The zero-order chi connectivity index (χ0) is 24.6. The average Bonchev–Trinajstić information content (AvgIpc) is 2.88. The second kappa shape index (κ2) is 12.2. The van der Waals surface area contributed by atoms with Crippen molar-refractivity contribution >= 4 is 16.6 Å². The van der Waals surface area contributed by atoms with E-state index in [-0.39, 0.29) is 5.56 Å². The van der Waals surface area contributed by atoms with Crippen molar-refractivity contribution in [3.63, 3.8) is 0 Å². The van der Waals surface area contributed by atoms with Gasteiger partial charge in [-0.3, -0.25) is 14.3 Å². The molecule has 2 heterocycles. The third kappa shape index (κ3) is 6.01. The Morgan fingerprint density at radius 3 is 2.54 bits per heavy atom. The van der Waals surface area contributed by atoms with E-state index in [1.807, 2.05) is 49.4 Å². The van der Waals surface area contributed by atoms with E-state index in [0.29, 0.717) is 36.3 Å². The number of ether oxygens (including phenoxy) is 1. The highest BCUT2D eigenvalue weighted by Gasteiger charge is 2.21. The number of rotatable bonds is 11. The van der Waals surface area contributed by atoms with Crippen molar-refractivity contribution in [1.82, 2.24) is 19.4 Å². The SMILES string of the molecule is CCOc1ccccc1-n1c(CN2CCN(CC)CC2)nc2cc(NCCCCN)ccc2c1=O. The quantitative estimate of drug-likeness (QED) is 0.410. The molecule has 1 saturated heterocycles. The van der Waals surface area contributed by atoms with Crippen molar-refractivity contribution in [2.24, 2.45) is 5.73 Å². The summed E-state index contributed by atoms with van der Waals surface area (Å²) < 4.78 is 7.63. The first-order chi connectivity index (χ1) is 17.1. The van der Waals surface area contributed by atoms with Crippen LogP contribution in [0.5, 0.6) is 5.75 Å². The first-order valence-corrected chi connectivity index (χ1v) is 12.8. The van der Waals surface area contributed by atoms with Gasteiger partial charge in [0.05, 0.1) is 29.7 Å². The van der Waals surface area contributed by atoms with Crippen molar-refractivity contribution < 1.29 is 4.74 Å². The van der Waals surface area contributed by atoms with Gasteiger partial charge in [0, 0.05) is 38.4 Å². The number of para-hydroxylation sites is 2. The molecule has 0 spiro atoms. The molecule has 4 rings (SSSR count). The second-order valence-electron chi connectivity index (χ2n) is 8.93. The van der Waals surface area contributed by atoms with Crippen molar-refractivity contribution in [2.75, 3.05) is 57.7 Å². The summed E-state index contributed by atoms with van der Waals surface area (Å²) in [6.07, 6.45) is 1.99. The molecule has 0 amide bonds. The number of likely N-dealkylation sites (N-methyl/N-ethyl adjacent to an activating group) is 1. The molecule has 0 saturated carbocycles. The fourth-order valence-electron chi connectivity index (χ4n) is 4.58. The largest absolute Gasteiger partial charge is 0.492 e. The molecule has 0 atom stereocenters. The Morgan fingerprint density at radius 2 is 1.80 bits per heavy atom. The summed E-state index contributed by atoms with van der Waals surface area (Å²) >= 11 is 0. The third-order valence-electron chi connectivity index (χ3n) is 6.58. The Balaban J connectivity index is 1.75. The van der Waals surface area contributed by atoms with Crippen LogP contribution in [0.1, 0.15) is 32.5 Å².